The number of amides is 1. The predicted molar refractivity (Wildman–Crippen MR) is 55.2 cm³/mol. The summed E-state index contributed by atoms with van der Waals surface area (Å²) in [6.07, 6.45) is 2.54. The van der Waals surface area contributed by atoms with Gasteiger partial charge in [-0.25, -0.2) is 0 Å². The van der Waals surface area contributed by atoms with Gasteiger partial charge in [-0.15, -0.1) is 0 Å². The Bertz CT molecular complexity index is 362. The summed E-state index contributed by atoms with van der Waals surface area (Å²) in [7, 11) is 0. The van der Waals surface area contributed by atoms with Crippen LogP contribution in [0, 0.1) is 0 Å². The average molecular weight is 259 g/mol. The second-order valence-corrected chi connectivity index (χ2v) is 4.24. The number of hydrogen-bond acceptors (Lipinski definition) is 2. The van der Waals surface area contributed by atoms with Crippen molar-refractivity contribution in [1.82, 2.24) is 9.88 Å². The Morgan fingerprint density at radius 3 is 3.21 bits per heavy atom. The monoisotopic (exact) mass is 258 g/mol. The van der Waals surface area contributed by atoms with Crippen LogP contribution < -0.4 is 5.32 Å². The summed E-state index contributed by atoms with van der Waals surface area (Å²) in [5.74, 6) is -0.0510. The van der Waals surface area contributed by atoms with Crippen molar-refractivity contribution in [2.24, 2.45) is 0 Å². The molecular weight excluding hydrogens is 248 g/mol. The molecule has 0 aliphatic carbocycles. The van der Waals surface area contributed by atoms with E-state index >= 15 is 0 Å². The third kappa shape index (κ3) is 1.57. The highest BCUT2D eigenvalue weighted by Gasteiger charge is 2.24. The minimum absolute atomic E-state index is 0.0510. The number of halogens is 1. The SMILES string of the molecule is O=C1NCC(CCO)n2cc(Br)cc21. The van der Waals surface area contributed by atoms with Crippen molar-refractivity contribution in [3.8, 4) is 0 Å². The molecular formula is C9H11BrN2O2. The molecule has 0 fully saturated rings. The van der Waals surface area contributed by atoms with Gasteiger partial charge in [-0.1, -0.05) is 0 Å². The van der Waals surface area contributed by atoms with Gasteiger partial charge in [0.05, 0.1) is 6.04 Å². The van der Waals surface area contributed by atoms with Gasteiger partial charge in [-0.2, -0.15) is 0 Å². The molecule has 0 bridgehead atoms. The minimum Gasteiger partial charge on any atom is -0.396 e. The van der Waals surface area contributed by atoms with Gasteiger partial charge >= 0.3 is 0 Å². The van der Waals surface area contributed by atoms with E-state index in [2.05, 4.69) is 21.2 Å². The normalized spacial score (nSPS) is 20.4. The molecule has 1 atom stereocenters. The molecule has 1 amide bonds. The van der Waals surface area contributed by atoms with E-state index in [4.69, 9.17) is 5.11 Å². The lowest BCUT2D eigenvalue weighted by atomic mass is 10.1. The molecule has 1 unspecified atom stereocenters. The summed E-state index contributed by atoms with van der Waals surface area (Å²) >= 11 is 3.34. The molecule has 1 aromatic heterocycles. The van der Waals surface area contributed by atoms with Gasteiger partial charge in [0.25, 0.3) is 5.91 Å². The van der Waals surface area contributed by atoms with Crippen LogP contribution in [-0.4, -0.2) is 28.7 Å². The maximum absolute atomic E-state index is 11.4. The summed E-state index contributed by atoms with van der Waals surface area (Å²) < 4.78 is 2.81. The fraction of sp³-hybridized carbons (Fsp3) is 0.444. The Morgan fingerprint density at radius 1 is 1.71 bits per heavy atom. The number of aromatic nitrogens is 1. The number of rotatable bonds is 2. The quantitative estimate of drug-likeness (QED) is 0.829. The van der Waals surface area contributed by atoms with Crippen LogP contribution in [0.2, 0.25) is 0 Å². The zero-order valence-corrected chi connectivity index (χ0v) is 9.12. The molecule has 76 valence electrons. The number of nitrogens with zero attached hydrogens (tertiary/aromatic N) is 1. The second kappa shape index (κ2) is 3.74. The molecule has 2 rings (SSSR count). The number of hydrogen-bond donors (Lipinski definition) is 2. The van der Waals surface area contributed by atoms with E-state index in [1.54, 1.807) is 6.07 Å². The zero-order valence-electron chi connectivity index (χ0n) is 7.53. The van der Waals surface area contributed by atoms with E-state index < -0.39 is 0 Å². The number of carbonyl (C=O) groups is 1. The van der Waals surface area contributed by atoms with Gasteiger partial charge in [-0.3, -0.25) is 4.79 Å². The Balaban J connectivity index is 2.36. The van der Waals surface area contributed by atoms with E-state index in [9.17, 15) is 4.79 Å². The van der Waals surface area contributed by atoms with Crippen LogP contribution in [0.4, 0.5) is 0 Å². The van der Waals surface area contributed by atoms with Crippen LogP contribution in [0.25, 0.3) is 0 Å². The summed E-state index contributed by atoms with van der Waals surface area (Å²) in [5, 5.41) is 11.7. The highest BCUT2D eigenvalue weighted by molar-refractivity contribution is 9.10. The highest BCUT2D eigenvalue weighted by atomic mass is 79.9. The molecule has 0 spiro atoms. The molecule has 1 aliphatic heterocycles. The topological polar surface area (TPSA) is 54.3 Å². The van der Waals surface area contributed by atoms with Gasteiger partial charge in [0.1, 0.15) is 5.69 Å². The van der Waals surface area contributed by atoms with E-state index in [1.165, 1.54) is 0 Å². The van der Waals surface area contributed by atoms with E-state index in [1.807, 2.05) is 10.8 Å². The first-order chi connectivity index (χ1) is 6.72. The number of fused-ring (bicyclic) bond motifs is 1. The van der Waals surface area contributed by atoms with Crippen molar-refractivity contribution in [2.75, 3.05) is 13.2 Å². The third-order valence-corrected chi connectivity index (χ3v) is 2.84. The maximum Gasteiger partial charge on any atom is 0.268 e. The van der Waals surface area contributed by atoms with Crippen LogP contribution in [0.3, 0.4) is 0 Å². The Labute approximate surface area is 90.0 Å². The number of carbonyl (C=O) groups excluding carboxylic acids is 1. The van der Waals surface area contributed by atoms with Crippen LogP contribution in [-0.2, 0) is 0 Å². The molecule has 0 saturated carbocycles. The fourth-order valence-corrected chi connectivity index (χ4v) is 2.16. The van der Waals surface area contributed by atoms with Gasteiger partial charge in [0, 0.05) is 23.8 Å². The zero-order chi connectivity index (χ0) is 10.1. The van der Waals surface area contributed by atoms with E-state index in [0.29, 0.717) is 18.7 Å². The molecule has 0 saturated heterocycles. The first-order valence-electron chi connectivity index (χ1n) is 4.49. The molecule has 1 aromatic rings. The van der Waals surface area contributed by atoms with Crippen molar-refractivity contribution in [1.29, 1.82) is 0 Å². The molecule has 2 heterocycles. The Morgan fingerprint density at radius 2 is 2.50 bits per heavy atom. The number of aliphatic hydroxyl groups excluding tert-OH is 1. The molecule has 5 heteroatoms. The lowest BCUT2D eigenvalue weighted by Crippen LogP contribution is -2.38. The van der Waals surface area contributed by atoms with Crippen molar-refractivity contribution in [2.45, 2.75) is 12.5 Å². The van der Waals surface area contributed by atoms with Crippen molar-refractivity contribution in [3.05, 3.63) is 22.4 Å². The first-order valence-corrected chi connectivity index (χ1v) is 5.28. The predicted octanol–water partition coefficient (Wildman–Crippen LogP) is 0.917. The maximum atomic E-state index is 11.4. The molecule has 14 heavy (non-hydrogen) atoms. The largest absolute Gasteiger partial charge is 0.396 e. The third-order valence-electron chi connectivity index (χ3n) is 2.40. The first kappa shape index (κ1) is 9.73. The van der Waals surface area contributed by atoms with Crippen LogP contribution >= 0.6 is 15.9 Å². The summed E-state index contributed by atoms with van der Waals surface area (Å²) in [5.41, 5.74) is 0.654. The van der Waals surface area contributed by atoms with Crippen molar-refractivity contribution in [3.63, 3.8) is 0 Å². The number of aliphatic hydroxyl groups is 1. The Kier molecular flexibility index (Phi) is 2.60. The lowest BCUT2D eigenvalue weighted by molar-refractivity contribution is 0.0907. The molecule has 1 aliphatic rings. The van der Waals surface area contributed by atoms with Crippen LogP contribution in [0.5, 0.6) is 0 Å². The Hall–Kier alpha value is -0.810. The van der Waals surface area contributed by atoms with Crippen molar-refractivity contribution >= 4 is 21.8 Å². The fourth-order valence-electron chi connectivity index (χ4n) is 1.72. The van der Waals surface area contributed by atoms with Crippen LogP contribution in [0.15, 0.2) is 16.7 Å². The molecule has 2 N–H and O–H groups in total. The lowest BCUT2D eigenvalue weighted by Gasteiger charge is -2.25. The van der Waals surface area contributed by atoms with Gasteiger partial charge < -0.3 is 15.0 Å². The average Bonchev–Trinajstić information content (AvgIpc) is 2.53. The summed E-state index contributed by atoms with van der Waals surface area (Å²) in [4.78, 5) is 11.4. The molecule has 4 nitrogen and oxygen atoms in total. The summed E-state index contributed by atoms with van der Waals surface area (Å²) in [6, 6.07) is 1.96. The van der Waals surface area contributed by atoms with E-state index in [-0.39, 0.29) is 18.6 Å². The minimum atomic E-state index is -0.0510. The van der Waals surface area contributed by atoms with Gasteiger partial charge in [0.2, 0.25) is 0 Å². The molecule has 0 radical (unpaired) electrons. The highest BCUT2D eigenvalue weighted by Crippen LogP contribution is 2.23. The van der Waals surface area contributed by atoms with Gasteiger partial charge in [-0.05, 0) is 28.4 Å². The van der Waals surface area contributed by atoms with Gasteiger partial charge in [0.15, 0.2) is 0 Å². The number of nitrogens with one attached hydrogen (secondary N) is 1. The molecule has 0 aromatic carbocycles. The standard InChI is InChI=1S/C9H11BrN2O2/c10-6-3-8-9(14)11-4-7(1-2-13)12(8)5-6/h3,5,7,13H,1-2,4H2,(H,11,14). The van der Waals surface area contributed by atoms with Crippen molar-refractivity contribution < 1.29 is 9.90 Å². The van der Waals surface area contributed by atoms with E-state index in [0.717, 1.165) is 4.47 Å². The summed E-state index contributed by atoms with van der Waals surface area (Å²) in [6.45, 7) is 0.725. The smallest absolute Gasteiger partial charge is 0.268 e. The second-order valence-electron chi connectivity index (χ2n) is 3.33. The van der Waals surface area contributed by atoms with Crippen LogP contribution in [0.1, 0.15) is 23.0 Å².